The summed E-state index contributed by atoms with van der Waals surface area (Å²) in [5.74, 6) is 3.19. The first-order chi connectivity index (χ1) is 10.2. The Morgan fingerprint density at radius 3 is 2.14 bits per heavy atom. The van der Waals surface area contributed by atoms with E-state index in [0.29, 0.717) is 17.8 Å². The molecule has 1 unspecified atom stereocenters. The van der Waals surface area contributed by atoms with Crippen molar-refractivity contribution in [3.63, 3.8) is 0 Å². The summed E-state index contributed by atoms with van der Waals surface area (Å²) in [5, 5.41) is 0. The fraction of sp³-hybridized carbons (Fsp3) is 0.889. The molecule has 6 fully saturated rings. The first kappa shape index (κ1) is 13.1. The molecule has 1 aliphatic heterocycles. The molecule has 1 heterocycles. The zero-order valence-corrected chi connectivity index (χ0v) is 12.9. The highest BCUT2D eigenvalue weighted by Crippen LogP contribution is 2.62. The smallest absolute Gasteiger partial charge is 0.207 e. The monoisotopic (exact) mass is 290 g/mol. The molecule has 3 nitrogen and oxygen atoms in total. The summed E-state index contributed by atoms with van der Waals surface area (Å²) in [7, 11) is 0. The molecule has 4 bridgehead atoms. The molecule has 0 aromatic heterocycles. The van der Waals surface area contributed by atoms with E-state index in [2.05, 4.69) is 6.58 Å². The molecule has 6 aliphatic rings. The molecule has 0 aromatic carbocycles. The van der Waals surface area contributed by atoms with E-state index in [0.717, 1.165) is 17.4 Å². The Hall–Kier alpha value is -0.380. The van der Waals surface area contributed by atoms with E-state index in [1.807, 2.05) is 6.92 Å². The second kappa shape index (κ2) is 4.33. The molecule has 6 rings (SSSR count). The molecule has 1 saturated heterocycles. The van der Waals surface area contributed by atoms with E-state index >= 15 is 0 Å². The van der Waals surface area contributed by atoms with Crippen LogP contribution in [0.5, 0.6) is 0 Å². The average molecular weight is 290 g/mol. The normalized spacial score (nSPS) is 55.1. The van der Waals surface area contributed by atoms with Crippen molar-refractivity contribution in [2.45, 2.75) is 69.9 Å². The van der Waals surface area contributed by atoms with Crippen molar-refractivity contribution in [3.05, 3.63) is 12.2 Å². The minimum atomic E-state index is -0.424. The van der Waals surface area contributed by atoms with Crippen molar-refractivity contribution in [1.82, 2.24) is 0 Å². The van der Waals surface area contributed by atoms with Crippen LogP contribution in [0.2, 0.25) is 0 Å². The van der Waals surface area contributed by atoms with Crippen LogP contribution in [0.3, 0.4) is 0 Å². The van der Waals surface area contributed by atoms with E-state index in [1.165, 1.54) is 44.9 Å². The lowest BCUT2D eigenvalue weighted by atomic mass is 9.53. The van der Waals surface area contributed by atoms with Gasteiger partial charge in [-0.1, -0.05) is 6.58 Å². The largest absolute Gasteiger partial charge is 0.340 e. The quantitative estimate of drug-likeness (QED) is 0.571. The van der Waals surface area contributed by atoms with Crippen LogP contribution in [0.4, 0.5) is 0 Å². The lowest BCUT2D eigenvalue weighted by molar-refractivity contribution is -0.535. The van der Waals surface area contributed by atoms with E-state index in [4.69, 9.17) is 14.5 Å². The van der Waals surface area contributed by atoms with Gasteiger partial charge in [0.2, 0.25) is 5.79 Å². The highest BCUT2D eigenvalue weighted by Gasteiger charge is 2.64. The van der Waals surface area contributed by atoms with E-state index in [1.54, 1.807) is 0 Å². The fourth-order valence-corrected chi connectivity index (χ4v) is 5.78. The third kappa shape index (κ3) is 1.83. The molecule has 0 radical (unpaired) electrons. The fourth-order valence-electron chi connectivity index (χ4n) is 5.78. The lowest BCUT2D eigenvalue weighted by Crippen LogP contribution is -2.65. The second-order valence-electron chi connectivity index (χ2n) is 8.39. The zero-order chi connectivity index (χ0) is 14.2. The van der Waals surface area contributed by atoms with Gasteiger partial charge >= 0.3 is 0 Å². The van der Waals surface area contributed by atoms with Crippen molar-refractivity contribution in [2.75, 3.05) is 0 Å². The lowest BCUT2D eigenvalue weighted by Gasteiger charge is -2.61. The molecule has 0 aromatic rings. The zero-order valence-electron chi connectivity index (χ0n) is 12.9. The molecule has 21 heavy (non-hydrogen) atoms. The number of ether oxygens (including phenoxy) is 1. The van der Waals surface area contributed by atoms with Gasteiger partial charge in [0.05, 0.1) is 6.10 Å². The van der Waals surface area contributed by atoms with Crippen LogP contribution in [-0.2, 0) is 14.5 Å². The molecule has 0 amide bonds. The molecule has 116 valence electrons. The van der Waals surface area contributed by atoms with Gasteiger partial charge in [-0.05, 0) is 75.2 Å². The number of hydrogen-bond acceptors (Lipinski definition) is 3. The Morgan fingerprint density at radius 2 is 1.62 bits per heavy atom. The van der Waals surface area contributed by atoms with E-state index in [-0.39, 0.29) is 12.2 Å². The maximum atomic E-state index is 6.74. The SMILES string of the molecule is C=C(C)C1OOC2(O[C@H]1C1CC1)C1CC3CC(C1)CC2C3. The minimum Gasteiger partial charge on any atom is -0.340 e. The van der Waals surface area contributed by atoms with Gasteiger partial charge in [0.1, 0.15) is 6.10 Å². The van der Waals surface area contributed by atoms with Crippen molar-refractivity contribution < 1.29 is 14.5 Å². The van der Waals surface area contributed by atoms with Crippen molar-refractivity contribution in [3.8, 4) is 0 Å². The second-order valence-corrected chi connectivity index (χ2v) is 8.39. The Balaban J connectivity index is 1.45. The van der Waals surface area contributed by atoms with Crippen LogP contribution in [0.15, 0.2) is 12.2 Å². The summed E-state index contributed by atoms with van der Waals surface area (Å²) < 4.78 is 6.74. The summed E-state index contributed by atoms with van der Waals surface area (Å²) in [6.45, 7) is 6.11. The average Bonchev–Trinajstić information content (AvgIpc) is 3.28. The van der Waals surface area contributed by atoms with Crippen LogP contribution in [-0.4, -0.2) is 18.0 Å². The summed E-state index contributed by atoms with van der Waals surface area (Å²) in [5.41, 5.74) is 1.03. The van der Waals surface area contributed by atoms with Crippen molar-refractivity contribution in [2.24, 2.45) is 29.6 Å². The van der Waals surface area contributed by atoms with Crippen molar-refractivity contribution in [1.29, 1.82) is 0 Å². The maximum absolute atomic E-state index is 6.74. The summed E-state index contributed by atoms with van der Waals surface area (Å²) in [6, 6.07) is 0. The molecule has 5 saturated carbocycles. The predicted octanol–water partition coefficient (Wildman–Crippen LogP) is 3.84. The minimum absolute atomic E-state index is 0.0692. The standard InChI is InChI=1S/C18H26O3/c1-10(2)16-17(13-3-4-13)19-18(21-20-16)14-6-11-5-12(8-14)9-15(18)7-11/h11-17H,1,3-9H2,2H3/t11?,12?,14?,15?,16?,17-,18?/m0/s1. The molecule has 3 heteroatoms. The first-order valence-corrected chi connectivity index (χ1v) is 8.83. The van der Waals surface area contributed by atoms with Gasteiger partial charge in [-0.2, -0.15) is 4.89 Å². The van der Waals surface area contributed by atoms with Gasteiger partial charge in [-0.3, -0.25) is 0 Å². The Labute approximate surface area is 126 Å². The van der Waals surface area contributed by atoms with Gasteiger partial charge in [0.25, 0.3) is 0 Å². The highest BCUT2D eigenvalue weighted by molar-refractivity contribution is 5.10. The van der Waals surface area contributed by atoms with Gasteiger partial charge in [0.15, 0.2) is 0 Å². The summed E-state index contributed by atoms with van der Waals surface area (Å²) >= 11 is 0. The van der Waals surface area contributed by atoms with Crippen LogP contribution in [0.1, 0.15) is 51.9 Å². The molecule has 2 atom stereocenters. The molecular formula is C18H26O3. The molecule has 0 N–H and O–H groups in total. The summed E-state index contributed by atoms with van der Waals surface area (Å²) in [4.78, 5) is 11.9. The van der Waals surface area contributed by atoms with E-state index in [9.17, 15) is 0 Å². The third-order valence-electron chi connectivity index (χ3n) is 6.75. The van der Waals surface area contributed by atoms with Crippen LogP contribution in [0, 0.1) is 29.6 Å². The molecule has 5 aliphatic carbocycles. The van der Waals surface area contributed by atoms with Crippen LogP contribution >= 0.6 is 0 Å². The summed E-state index contributed by atoms with van der Waals surface area (Å²) in [6.07, 6.45) is 9.23. The number of hydrogen-bond donors (Lipinski definition) is 0. The topological polar surface area (TPSA) is 27.7 Å². The predicted molar refractivity (Wildman–Crippen MR) is 78.1 cm³/mol. The number of rotatable bonds is 2. The van der Waals surface area contributed by atoms with Crippen LogP contribution in [0.25, 0.3) is 0 Å². The first-order valence-electron chi connectivity index (χ1n) is 8.83. The maximum Gasteiger partial charge on any atom is 0.207 e. The van der Waals surface area contributed by atoms with Crippen LogP contribution < -0.4 is 0 Å². The Bertz CT molecular complexity index is 439. The highest BCUT2D eigenvalue weighted by atomic mass is 17.2. The Kier molecular flexibility index (Phi) is 2.70. The molecular weight excluding hydrogens is 264 g/mol. The van der Waals surface area contributed by atoms with Gasteiger partial charge in [0, 0.05) is 11.8 Å². The van der Waals surface area contributed by atoms with E-state index < -0.39 is 5.79 Å². The Morgan fingerprint density at radius 1 is 1.00 bits per heavy atom. The third-order valence-corrected chi connectivity index (χ3v) is 6.75. The van der Waals surface area contributed by atoms with Gasteiger partial charge in [-0.25, -0.2) is 4.89 Å². The van der Waals surface area contributed by atoms with Gasteiger partial charge < -0.3 is 4.74 Å². The van der Waals surface area contributed by atoms with Crippen molar-refractivity contribution >= 4 is 0 Å². The molecule has 1 spiro atoms. The van der Waals surface area contributed by atoms with Gasteiger partial charge in [-0.15, -0.1) is 0 Å².